The number of nitrogens with one attached hydrogen (secondary N) is 1. The predicted octanol–water partition coefficient (Wildman–Crippen LogP) is 6.32. The molecule has 0 atom stereocenters. The SMILES string of the molecule is C[Si](C)(C)CCOCn1ncc2c(N)ncc(Br)c21.Cn1nccc1CN(Cc1ccccc1)C(=O)C(=O)Nc1cnc(N)c2cnn(COCC[Si](C)(C)C)c12. The number of hydrogen-bond donors (Lipinski definition) is 3. The second-order valence-electron chi connectivity index (χ2n) is 16.1. The Bertz CT molecular complexity index is 2280. The van der Waals surface area contributed by atoms with Gasteiger partial charge in [0.2, 0.25) is 0 Å². The second-order valence-corrected chi connectivity index (χ2v) is 28.2. The summed E-state index contributed by atoms with van der Waals surface area (Å²) >= 11 is 3.47. The molecule has 0 bridgehead atoms. The van der Waals surface area contributed by atoms with Crippen LogP contribution in [0.2, 0.25) is 51.4 Å². The maximum absolute atomic E-state index is 13.4. The molecule has 6 rings (SSSR count). The molecule has 0 unspecified atom stereocenters. The largest absolute Gasteiger partial charge is 0.383 e. The molecular weight excluding hydrogens is 825 g/mol. The summed E-state index contributed by atoms with van der Waals surface area (Å²) in [6.45, 7) is 16.4. The highest BCUT2D eigenvalue weighted by Crippen LogP contribution is 2.28. The number of amides is 2. The molecule has 0 spiro atoms. The van der Waals surface area contributed by atoms with E-state index in [1.54, 1.807) is 41.2 Å². The summed E-state index contributed by atoms with van der Waals surface area (Å²) < 4.78 is 17.6. The molecule has 5 aromatic heterocycles. The maximum Gasteiger partial charge on any atom is 0.314 e. The van der Waals surface area contributed by atoms with Crippen molar-refractivity contribution in [2.45, 2.75) is 77.9 Å². The lowest BCUT2D eigenvalue weighted by Gasteiger charge is -2.22. The number of carbonyl (C=O) groups is 2. The van der Waals surface area contributed by atoms with Gasteiger partial charge >= 0.3 is 11.8 Å². The normalized spacial score (nSPS) is 11.8. The molecule has 0 aliphatic heterocycles. The number of aromatic nitrogens is 8. The summed E-state index contributed by atoms with van der Waals surface area (Å²) in [5.41, 5.74) is 15.4. The zero-order valence-electron chi connectivity index (χ0n) is 33.7. The maximum atomic E-state index is 13.4. The number of nitrogens with two attached hydrogens (primary N) is 2. The monoisotopic (exact) mass is 876 g/mol. The van der Waals surface area contributed by atoms with Gasteiger partial charge in [-0.25, -0.2) is 19.3 Å². The number of fused-ring (bicyclic) bond motifs is 2. The molecule has 0 saturated heterocycles. The minimum absolute atomic E-state index is 0.189. The van der Waals surface area contributed by atoms with Crippen molar-refractivity contribution in [1.82, 2.24) is 44.2 Å². The van der Waals surface area contributed by atoms with Crippen LogP contribution in [0, 0.1) is 0 Å². The van der Waals surface area contributed by atoms with Gasteiger partial charge in [0.1, 0.15) is 25.1 Å². The van der Waals surface area contributed by atoms with Crippen LogP contribution < -0.4 is 16.8 Å². The van der Waals surface area contributed by atoms with E-state index in [-0.39, 0.29) is 25.6 Å². The van der Waals surface area contributed by atoms with Crippen LogP contribution in [0.15, 0.2) is 71.9 Å². The first-order valence-electron chi connectivity index (χ1n) is 18.6. The summed E-state index contributed by atoms with van der Waals surface area (Å²) in [6, 6.07) is 13.5. The number of ether oxygens (including phenoxy) is 2. The molecule has 57 heavy (non-hydrogen) atoms. The highest BCUT2D eigenvalue weighted by atomic mass is 79.9. The van der Waals surface area contributed by atoms with E-state index in [0.717, 1.165) is 45.3 Å². The molecule has 19 heteroatoms. The van der Waals surface area contributed by atoms with Gasteiger partial charge in [0.05, 0.1) is 62.8 Å². The highest BCUT2D eigenvalue weighted by molar-refractivity contribution is 9.10. The number of nitrogens with zero attached hydrogens (tertiary/aromatic N) is 9. The van der Waals surface area contributed by atoms with Crippen molar-refractivity contribution < 1.29 is 19.1 Å². The minimum atomic E-state index is -1.24. The van der Waals surface area contributed by atoms with Crippen molar-refractivity contribution in [3.63, 3.8) is 0 Å². The number of benzene rings is 1. The molecule has 0 fully saturated rings. The molecule has 0 aliphatic carbocycles. The number of hydrogen-bond acceptors (Lipinski definition) is 11. The van der Waals surface area contributed by atoms with Gasteiger partial charge in [0.15, 0.2) is 0 Å². The molecular formula is C38H53BrN12O4Si2. The van der Waals surface area contributed by atoms with Gasteiger partial charge in [-0.1, -0.05) is 69.6 Å². The number of carbonyl (C=O) groups excluding carboxylic acids is 2. The lowest BCUT2D eigenvalue weighted by Crippen LogP contribution is -2.39. The van der Waals surface area contributed by atoms with Crippen molar-refractivity contribution in [2.24, 2.45) is 7.05 Å². The molecule has 2 amide bonds. The number of nitrogen functional groups attached to an aromatic ring is 2. The fourth-order valence-corrected chi connectivity index (χ4v) is 7.66. The van der Waals surface area contributed by atoms with Crippen LogP contribution in [0.3, 0.4) is 0 Å². The molecule has 6 aromatic rings. The zero-order chi connectivity index (χ0) is 41.3. The van der Waals surface area contributed by atoms with E-state index in [4.69, 9.17) is 20.9 Å². The van der Waals surface area contributed by atoms with Crippen molar-refractivity contribution in [2.75, 3.05) is 30.0 Å². The third-order valence-corrected chi connectivity index (χ3v) is 13.0. The molecule has 16 nitrogen and oxygen atoms in total. The number of anilines is 3. The van der Waals surface area contributed by atoms with Gasteiger partial charge in [-0.3, -0.25) is 14.3 Å². The van der Waals surface area contributed by atoms with Crippen molar-refractivity contribution in [1.29, 1.82) is 0 Å². The lowest BCUT2D eigenvalue weighted by atomic mass is 10.2. The van der Waals surface area contributed by atoms with E-state index in [1.165, 1.54) is 11.1 Å². The summed E-state index contributed by atoms with van der Waals surface area (Å²) in [7, 11) is -0.494. The van der Waals surface area contributed by atoms with Crippen LogP contribution >= 0.6 is 15.9 Å². The molecule has 1 aromatic carbocycles. The van der Waals surface area contributed by atoms with Gasteiger partial charge in [0.25, 0.3) is 0 Å². The molecule has 304 valence electrons. The van der Waals surface area contributed by atoms with Crippen molar-refractivity contribution in [3.8, 4) is 0 Å². The minimum Gasteiger partial charge on any atom is -0.383 e. The number of pyridine rings is 2. The van der Waals surface area contributed by atoms with Crippen molar-refractivity contribution >= 4 is 83.0 Å². The van der Waals surface area contributed by atoms with Crippen LogP contribution in [0.25, 0.3) is 21.8 Å². The van der Waals surface area contributed by atoms with Gasteiger partial charge in [0, 0.05) is 55.3 Å². The molecule has 5 heterocycles. The Morgan fingerprint density at radius 3 is 1.89 bits per heavy atom. The van der Waals surface area contributed by atoms with E-state index < -0.39 is 28.0 Å². The summed E-state index contributed by atoms with van der Waals surface area (Å²) in [5.74, 6) is -0.702. The standard InChI is InChI=1S/C26H34N8O3Si.C12H19BrN4OSi/c1-32-20(10-11-29-32)17-33(16-19-8-6-5-7-9-19)26(36)25(35)31-22-15-28-24(27)21-14-30-34(23(21)22)18-37-12-13-38(2,3)4;1-19(2,3)5-4-18-8-17-11-9(6-16-17)12(14)15-7-10(11)13/h5-11,14-15H,12-13,16-18H2,1-4H3,(H2,27,28)(H,31,35);6-7H,4-5,8H2,1-3H3,(H2,14,15). The highest BCUT2D eigenvalue weighted by Gasteiger charge is 2.25. The van der Waals surface area contributed by atoms with Crippen LogP contribution in [-0.2, 0) is 52.7 Å². The van der Waals surface area contributed by atoms with E-state index in [1.807, 2.05) is 41.1 Å². The van der Waals surface area contributed by atoms with E-state index in [2.05, 4.69) is 85.8 Å². The molecule has 5 N–H and O–H groups in total. The Morgan fingerprint density at radius 2 is 1.33 bits per heavy atom. The molecule has 0 radical (unpaired) electrons. The Hall–Kier alpha value is -4.96. The van der Waals surface area contributed by atoms with E-state index in [0.29, 0.717) is 35.7 Å². The summed E-state index contributed by atoms with van der Waals surface area (Å²) in [5, 5.41) is 17.0. The average molecular weight is 878 g/mol. The number of halogens is 1. The van der Waals surface area contributed by atoms with Crippen LogP contribution in [0.1, 0.15) is 11.3 Å². The van der Waals surface area contributed by atoms with Gasteiger partial charge in [-0.15, -0.1) is 0 Å². The van der Waals surface area contributed by atoms with E-state index in [9.17, 15) is 9.59 Å². The van der Waals surface area contributed by atoms with Crippen LogP contribution in [-0.4, -0.2) is 85.4 Å². The van der Waals surface area contributed by atoms with Gasteiger partial charge < -0.3 is 31.2 Å². The first kappa shape index (κ1) is 43.2. The third-order valence-electron chi connectivity index (χ3n) is 9.00. The van der Waals surface area contributed by atoms with Gasteiger partial charge in [-0.05, 0) is 39.6 Å². The quantitative estimate of drug-likeness (QED) is 0.0593. The molecule has 0 saturated carbocycles. The fraction of sp³-hybridized carbons (Fsp3) is 0.395. The second kappa shape index (κ2) is 19.0. The topological polar surface area (TPSA) is 199 Å². The van der Waals surface area contributed by atoms with Crippen molar-refractivity contribution in [3.05, 3.63) is 83.1 Å². The predicted molar refractivity (Wildman–Crippen MR) is 232 cm³/mol. The summed E-state index contributed by atoms with van der Waals surface area (Å²) in [6.07, 6.45) is 8.10. The third kappa shape index (κ3) is 12.0. The fourth-order valence-electron chi connectivity index (χ4n) is 5.62. The Labute approximate surface area is 343 Å². The van der Waals surface area contributed by atoms with Gasteiger partial charge in [-0.2, -0.15) is 15.3 Å². The Balaban J connectivity index is 0.000000273. The first-order valence-corrected chi connectivity index (χ1v) is 26.8. The molecule has 0 aliphatic rings. The summed E-state index contributed by atoms with van der Waals surface area (Å²) in [4.78, 5) is 36.4. The first-order chi connectivity index (χ1) is 27.0. The number of rotatable bonds is 15. The van der Waals surface area contributed by atoms with E-state index >= 15 is 0 Å². The van der Waals surface area contributed by atoms with Crippen LogP contribution in [0.4, 0.5) is 17.3 Å². The number of aryl methyl sites for hydroxylation is 1. The Kier molecular flexibility index (Phi) is 14.4. The lowest BCUT2D eigenvalue weighted by molar-refractivity contribution is -0.144. The average Bonchev–Trinajstić information content (AvgIpc) is 3.90. The smallest absolute Gasteiger partial charge is 0.314 e. The zero-order valence-corrected chi connectivity index (χ0v) is 37.3. The van der Waals surface area contributed by atoms with Crippen LogP contribution in [0.5, 0.6) is 0 Å². The Morgan fingerprint density at radius 1 is 0.772 bits per heavy atom.